The first-order valence-corrected chi connectivity index (χ1v) is 9.72. The lowest BCUT2D eigenvalue weighted by Crippen LogP contribution is -2.39. The minimum absolute atomic E-state index is 0.0456. The Morgan fingerprint density at radius 2 is 1.72 bits per heavy atom. The molecule has 3 rings (SSSR count). The lowest BCUT2D eigenvalue weighted by Gasteiger charge is -2.33. The average Bonchev–Trinajstić information content (AvgIpc) is 2.71. The van der Waals surface area contributed by atoms with Crippen LogP contribution < -0.4 is 15.5 Å². The Balaban J connectivity index is 1.70. The molecule has 0 unspecified atom stereocenters. The van der Waals surface area contributed by atoms with Crippen molar-refractivity contribution in [3.63, 3.8) is 0 Å². The molecular weight excluding hydrogens is 455 g/mol. The minimum Gasteiger partial charge on any atom is -0.450 e. The summed E-state index contributed by atoms with van der Waals surface area (Å²) in [7, 11) is 0. The molecule has 0 spiro atoms. The number of imide groups is 1. The van der Waals surface area contributed by atoms with E-state index in [1.54, 1.807) is 4.90 Å². The largest absolute Gasteiger partial charge is 0.506 e. The lowest BCUT2D eigenvalue weighted by atomic mass is 10.1. The molecule has 0 aromatic heterocycles. The van der Waals surface area contributed by atoms with Crippen LogP contribution in [0.1, 0.15) is 23.2 Å². The maximum Gasteiger partial charge on any atom is 0.506 e. The fourth-order valence-electron chi connectivity index (χ4n) is 3.26. The molecule has 32 heavy (non-hydrogen) atoms. The summed E-state index contributed by atoms with van der Waals surface area (Å²) >= 11 is 5.73. The molecule has 0 aliphatic carbocycles. The number of amides is 3. The molecule has 3 N–H and O–H groups in total. The second kappa shape index (κ2) is 9.77. The molecular formula is C20H17ClF3N3O5. The third kappa shape index (κ3) is 5.61. The molecule has 8 nitrogen and oxygen atoms in total. The number of urea groups is 1. The van der Waals surface area contributed by atoms with Crippen molar-refractivity contribution in [2.24, 2.45) is 0 Å². The number of nitrogens with zero attached hydrogens (tertiary/aromatic N) is 1. The molecule has 1 aliphatic heterocycles. The predicted octanol–water partition coefficient (Wildman–Crippen LogP) is 4.38. The number of halogens is 4. The lowest BCUT2D eigenvalue weighted by molar-refractivity contribution is 0.0416. The van der Waals surface area contributed by atoms with E-state index >= 15 is 0 Å². The van der Waals surface area contributed by atoms with Crippen LogP contribution in [0, 0.1) is 17.5 Å². The maximum absolute atomic E-state index is 13.8. The molecule has 1 aliphatic rings. The van der Waals surface area contributed by atoms with Gasteiger partial charge in [0.25, 0.3) is 5.91 Å². The van der Waals surface area contributed by atoms with Crippen molar-refractivity contribution in [2.75, 3.05) is 23.3 Å². The first-order valence-electron chi connectivity index (χ1n) is 9.35. The summed E-state index contributed by atoms with van der Waals surface area (Å²) in [6.07, 6.45) is -1.05. The minimum atomic E-state index is -1.37. The van der Waals surface area contributed by atoms with Gasteiger partial charge in [0.15, 0.2) is 11.6 Å². The topological polar surface area (TPSA) is 108 Å². The zero-order valence-electron chi connectivity index (χ0n) is 16.3. The van der Waals surface area contributed by atoms with Crippen LogP contribution in [0.5, 0.6) is 0 Å². The Morgan fingerprint density at radius 1 is 1.06 bits per heavy atom. The third-order valence-electron chi connectivity index (χ3n) is 4.74. The van der Waals surface area contributed by atoms with E-state index < -0.39 is 52.2 Å². The van der Waals surface area contributed by atoms with E-state index in [4.69, 9.17) is 21.4 Å². The van der Waals surface area contributed by atoms with Gasteiger partial charge in [-0.1, -0.05) is 11.6 Å². The fourth-order valence-corrected chi connectivity index (χ4v) is 3.50. The van der Waals surface area contributed by atoms with Gasteiger partial charge in [0.05, 0.1) is 22.0 Å². The summed E-state index contributed by atoms with van der Waals surface area (Å²) in [5.74, 6) is -4.31. The van der Waals surface area contributed by atoms with E-state index in [2.05, 4.69) is 5.32 Å². The van der Waals surface area contributed by atoms with Gasteiger partial charge >= 0.3 is 12.2 Å². The Kier molecular flexibility index (Phi) is 7.08. The summed E-state index contributed by atoms with van der Waals surface area (Å²) in [5.41, 5.74) is 0.0265. The number of ether oxygens (including phenoxy) is 1. The number of carbonyl (C=O) groups is 3. The van der Waals surface area contributed by atoms with Crippen molar-refractivity contribution in [2.45, 2.75) is 18.9 Å². The molecule has 1 saturated heterocycles. The quantitative estimate of drug-likeness (QED) is 0.451. The highest BCUT2D eigenvalue weighted by Crippen LogP contribution is 2.30. The smallest absolute Gasteiger partial charge is 0.450 e. The van der Waals surface area contributed by atoms with Gasteiger partial charge in [-0.3, -0.25) is 10.1 Å². The van der Waals surface area contributed by atoms with Crippen molar-refractivity contribution < 1.29 is 37.4 Å². The summed E-state index contributed by atoms with van der Waals surface area (Å²) < 4.78 is 45.1. The molecule has 2 aromatic carbocycles. The van der Waals surface area contributed by atoms with E-state index in [0.29, 0.717) is 43.8 Å². The van der Waals surface area contributed by atoms with E-state index in [1.807, 2.05) is 5.32 Å². The number of rotatable bonds is 4. The highest BCUT2D eigenvalue weighted by Gasteiger charge is 2.25. The molecule has 0 atom stereocenters. The summed E-state index contributed by atoms with van der Waals surface area (Å²) in [6.45, 7) is 0.756. The number of carbonyl (C=O) groups excluding carboxylic acids is 2. The molecule has 0 radical (unpaired) electrons. The second-order valence-corrected chi connectivity index (χ2v) is 7.29. The van der Waals surface area contributed by atoms with Gasteiger partial charge < -0.3 is 20.1 Å². The Morgan fingerprint density at radius 3 is 2.38 bits per heavy atom. The van der Waals surface area contributed by atoms with Crippen LogP contribution in [0.4, 0.5) is 34.1 Å². The predicted molar refractivity (Wildman–Crippen MR) is 109 cm³/mol. The maximum atomic E-state index is 13.8. The summed E-state index contributed by atoms with van der Waals surface area (Å²) in [5, 5.41) is 12.6. The van der Waals surface area contributed by atoms with Crippen LogP contribution in [0.15, 0.2) is 30.3 Å². The van der Waals surface area contributed by atoms with Crippen LogP contribution in [0.3, 0.4) is 0 Å². The van der Waals surface area contributed by atoms with Crippen molar-refractivity contribution in [3.05, 3.63) is 58.4 Å². The molecule has 1 heterocycles. The molecule has 1 fully saturated rings. The first kappa shape index (κ1) is 23.2. The molecule has 170 valence electrons. The molecule has 0 saturated carbocycles. The van der Waals surface area contributed by atoms with Crippen LogP contribution in [-0.4, -0.2) is 42.4 Å². The van der Waals surface area contributed by atoms with Gasteiger partial charge in [-0.2, -0.15) is 0 Å². The van der Waals surface area contributed by atoms with Crippen molar-refractivity contribution in [1.82, 2.24) is 5.32 Å². The highest BCUT2D eigenvalue weighted by atomic mass is 35.5. The van der Waals surface area contributed by atoms with Gasteiger partial charge in [0.1, 0.15) is 11.9 Å². The number of piperidine rings is 1. The van der Waals surface area contributed by atoms with E-state index in [0.717, 1.165) is 6.07 Å². The van der Waals surface area contributed by atoms with E-state index in [9.17, 15) is 27.6 Å². The third-order valence-corrected chi connectivity index (χ3v) is 5.05. The molecule has 12 heteroatoms. The number of nitrogens with one attached hydrogen (secondary N) is 2. The highest BCUT2D eigenvalue weighted by molar-refractivity contribution is 6.34. The zero-order valence-corrected chi connectivity index (χ0v) is 17.1. The van der Waals surface area contributed by atoms with Crippen molar-refractivity contribution in [3.8, 4) is 0 Å². The Bertz CT molecular complexity index is 1060. The number of carboxylic acid groups (broad SMARTS) is 1. The SMILES string of the molecule is O=C(NC(=O)c1cc(F)c(F)cc1Cl)Nc1cc(F)ccc1N1CCC(OC(=O)O)CC1. The van der Waals surface area contributed by atoms with Crippen LogP contribution in [-0.2, 0) is 4.74 Å². The van der Waals surface area contributed by atoms with Gasteiger partial charge in [-0.25, -0.2) is 22.8 Å². The fraction of sp³-hybridized carbons (Fsp3) is 0.250. The Labute approximate surface area is 184 Å². The van der Waals surface area contributed by atoms with Crippen molar-refractivity contribution in [1.29, 1.82) is 0 Å². The molecule has 2 aromatic rings. The zero-order chi connectivity index (χ0) is 23.4. The molecule has 3 amide bonds. The number of hydrogen-bond acceptors (Lipinski definition) is 5. The standard InChI is InChI=1S/C20H17ClF3N3O5/c21-13-9-15(24)14(23)8-12(13)18(28)26-19(29)25-16-7-10(22)1-2-17(16)27-5-3-11(4-6-27)32-20(30)31/h1-2,7-9,11H,3-6H2,(H,30,31)(H2,25,26,28,29). The van der Waals surface area contributed by atoms with Crippen LogP contribution >= 0.6 is 11.6 Å². The number of benzene rings is 2. The monoisotopic (exact) mass is 471 g/mol. The number of hydrogen-bond donors (Lipinski definition) is 3. The summed E-state index contributed by atoms with van der Waals surface area (Å²) in [4.78, 5) is 37.0. The van der Waals surface area contributed by atoms with Gasteiger partial charge in [-0.05, 0) is 30.3 Å². The first-order chi connectivity index (χ1) is 15.1. The van der Waals surface area contributed by atoms with Crippen LogP contribution in [0.25, 0.3) is 0 Å². The Hall–Kier alpha value is -3.47. The van der Waals surface area contributed by atoms with Gasteiger partial charge in [0.2, 0.25) is 0 Å². The van der Waals surface area contributed by atoms with E-state index in [-0.39, 0.29) is 5.69 Å². The van der Waals surface area contributed by atoms with E-state index in [1.165, 1.54) is 12.1 Å². The van der Waals surface area contributed by atoms with Crippen molar-refractivity contribution >= 4 is 41.1 Å². The summed E-state index contributed by atoms with van der Waals surface area (Å²) in [6, 6.07) is 3.77. The van der Waals surface area contributed by atoms with Crippen LogP contribution in [0.2, 0.25) is 5.02 Å². The normalized spacial score (nSPS) is 14.1. The second-order valence-electron chi connectivity index (χ2n) is 6.89. The number of anilines is 2. The van der Waals surface area contributed by atoms with Gasteiger partial charge in [0, 0.05) is 25.9 Å². The average molecular weight is 472 g/mol. The van der Waals surface area contributed by atoms with Gasteiger partial charge in [-0.15, -0.1) is 0 Å². The molecule has 0 bridgehead atoms.